The Hall–Kier alpha value is -2.12. The van der Waals surface area contributed by atoms with Crippen molar-refractivity contribution in [1.29, 1.82) is 0 Å². The molecule has 1 aromatic heterocycles. The van der Waals surface area contributed by atoms with Crippen LogP contribution in [0.3, 0.4) is 0 Å². The van der Waals surface area contributed by atoms with E-state index < -0.39 is 11.9 Å². The van der Waals surface area contributed by atoms with E-state index in [0.717, 1.165) is 26.1 Å². The number of nitrogens with one attached hydrogen (secondary N) is 2. The van der Waals surface area contributed by atoms with E-state index >= 15 is 0 Å². The predicted molar refractivity (Wildman–Crippen MR) is 102 cm³/mol. The summed E-state index contributed by atoms with van der Waals surface area (Å²) in [7, 11) is 0. The van der Waals surface area contributed by atoms with Gasteiger partial charge in [-0.2, -0.15) is 0 Å². The predicted octanol–water partition coefficient (Wildman–Crippen LogP) is 2.55. The fraction of sp³-hybridized carbons (Fsp3) is 0.368. The number of amides is 2. The Morgan fingerprint density at radius 2 is 2.04 bits per heavy atom. The topological polar surface area (TPSA) is 74.6 Å². The first-order valence-electron chi connectivity index (χ1n) is 8.64. The summed E-state index contributed by atoms with van der Waals surface area (Å²) >= 11 is 3.15. The number of furan rings is 1. The number of benzene rings is 1. The van der Waals surface area contributed by atoms with Crippen molar-refractivity contribution in [2.75, 3.05) is 13.1 Å². The molecule has 2 aromatic rings. The van der Waals surface area contributed by atoms with Gasteiger partial charge in [0.2, 0.25) is 5.91 Å². The zero-order chi connectivity index (χ0) is 18.5. The van der Waals surface area contributed by atoms with E-state index in [1.165, 1.54) is 5.56 Å². The number of carbonyl (C=O) groups excluding carboxylic acids is 2. The molecule has 0 unspecified atom stereocenters. The second-order valence-corrected chi connectivity index (χ2v) is 7.30. The van der Waals surface area contributed by atoms with E-state index in [9.17, 15) is 9.59 Å². The SMILES string of the molecule is C[C@H](NC(=O)c1ccc(Br)o1)C(=O)N[C@@H]1CCN(Cc2ccccc2)C1. The third-order valence-corrected chi connectivity index (χ3v) is 4.83. The van der Waals surface area contributed by atoms with Gasteiger partial charge in [0.1, 0.15) is 6.04 Å². The van der Waals surface area contributed by atoms with Crippen molar-refractivity contribution in [3.63, 3.8) is 0 Å². The molecule has 1 fully saturated rings. The Labute approximate surface area is 161 Å². The lowest BCUT2D eigenvalue weighted by molar-refractivity contribution is -0.123. The van der Waals surface area contributed by atoms with Crippen LogP contribution in [0.15, 0.2) is 51.6 Å². The lowest BCUT2D eigenvalue weighted by atomic mass is 10.2. The van der Waals surface area contributed by atoms with E-state index in [4.69, 9.17) is 4.42 Å². The molecule has 1 aromatic carbocycles. The average molecular weight is 420 g/mol. The van der Waals surface area contributed by atoms with Crippen molar-refractivity contribution in [1.82, 2.24) is 15.5 Å². The van der Waals surface area contributed by atoms with Crippen LogP contribution in [0.25, 0.3) is 0 Å². The monoisotopic (exact) mass is 419 g/mol. The van der Waals surface area contributed by atoms with Crippen LogP contribution < -0.4 is 10.6 Å². The maximum Gasteiger partial charge on any atom is 0.287 e. The van der Waals surface area contributed by atoms with Gasteiger partial charge in [0.05, 0.1) is 0 Å². The molecule has 6 nitrogen and oxygen atoms in total. The van der Waals surface area contributed by atoms with Gasteiger partial charge in [0.15, 0.2) is 10.4 Å². The van der Waals surface area contributed by atoms with Crippen LogP contribution in [0.5, 0.6) is 0 Å². The minimum absolute atomic E-state index is 0.100. The van der Waals surface area contributed by atoms with Crippen molar-refractivity contribution in [3.8, 4) is 0 Å². The average Bonchev–Trinajstić information content (AvgIpc) is 3.24. The molecule has 1 aliphatic heterocycles. The maximum atomic E-state index is 12.4. The molecule has 0 spiro atoms. The Bertz CT molecular complexity index is 762. The van der Waals surface area contributed by atoms with Crippen LogP contribution in [0.4, 0.5) is 0 Å². The number of carbonyl (C=O) groups is 2. The highest BCUT2D eigenvalue weighted by Gasteiger charge is 2.26. The minimum Gasteiger partial charge on any atom is -0.444 e. The van der Waals surface area contributed by atoms with Gasteiger partial charge in [0, 0.05) is 25.7 Å². The van der Waals surface area contributed by atoms with Gasteiger partial charge < -0.3 is 15.1 Å². The molecule has 26 heavy (non-hydrogen) atoms. The van der Waals surface area contributed by atoms with E-state index in [-0.39, 0.29) is 17.7 Å². The van der Waals surface area contributed by atoms with E-state index in [1.807, 2.05) is 18.2 Å². The number of halogens is 1. The highest BCUT2D eigenvalue weighted by atomic mass is 79.9. The van der Waals surface area contributed by atoms with Crippen molar-refractivity contribution in [3.05, 3.63) is 58.5 Å². The molecule has 2 heterocycles. The standard InChI is InChI=1S/C19H22BrN3O3/c1-13(21-19(25)16-7-8-17(20)26-16)18(24)22-15-9-10-23(12-15)11-14-5-3-2-4-6-14/h2-8,13,15H,9-12H2,1H3,(H,21,25)(H,22,24)/t13-,15+/m0/s1. The summed E-state index contributed by atoms with van der Waals surface area (Å²) < 4.78 is 5.67. The van der Waals surface area contributed by atoms with Crippen molar-refractivity contribution in [2.45, 2.75) is 32.0 Å². The zero-order valence-corrected chi connectivity index (χ0v) is 16.2. The van der Waals surface area contributed by atoms with Crippen molar-refractivity contribution >= 4 is 27.7 Å². The number of hydrogen-bond acceptors (Lipinski definition) is 4. The number of hydrogen-bond donors (Lipinski definition) is 2. The molecule has 0 saturated carbocycles. The van der Waals surface area contributed by atoms with Gasteiger partial charge in [-0.1, -0.05) is 30.3 Å². The third-order valence-electron chi connectivity index (χ3n) is 4.41. The Morgan fingerprint density at radius 3 is 2.73 bits per heavy atom. The van der Waals surface area contributed by atoms with Gasteiger partial charge in [-0.25, -0.2) is 0 Å². The van der Waals surface area contributed by atoms with Gasteiger partial charge in [-0.15, -0.1) is 0 Å². The summed E-state index contributed by atoms with van der Waals surface area (Å²) in [5.41, 5.74) is 1.27. The Kier molecular flexibility index (Phi) is 6.11. The van der Waals surface area contributed by atoms with Gasteiger partial charge in [-0.3, -0.25) is 14.5 Å². The molecule has 1 saturated heterocycles. The molecule has 1 aliphatic rings. The van der Waals surface area contributed by atoms with Gasteiger partial charge >= 0.3 is 0 Å². The normalized spacial score (nSPS) is 18.5. The first-order valence-corrected chi connectivity index (χ1v) is 9.43. The van der Waals surface area contributed by atoms with E-state index in [2.05, 4.69) is 43.6 Å². The number of likely N-dealkylation sites (tertiary alicyclic amines) is 1. The molecule has 0 aliphatic carbocycles. The second kappa shape index (κ2) is 8.51. The summed E-state index contributed by atoms with van der Waals surface area (Å²) in [4.78, 5) is 26.7. The molecule has 2 atom stereocenters. The van der Waals surface area contributed by atoms with Crippen LogP contribution >= 0.6 is 15.9 Å². The highest BCUT2D eigenvalue weighted by Crippen LogP contribution is 2.15. The van der Waals surface area contributed by atoms with E-state index in [1.54, 1.807) is 19.1 Å². The van der Waals surface area contributed by atoms with Crippen LogP contribution in [0.1, 0.15) is 29.5 Å². The molecule has 3 rings (SSSR count). The van der Waals surface area contributed by atoms with E-state index in [0.29, 0.717) is 4.67 Å². The van der Waals surface area contributed by atoms with Crippen LogP contribution in [-0.4, -0.2) is 41.9 Å². The summed E-state index contributed by atoms with van der Waals surface area (Å²) in [5, 5.41) is 5.68. The third kappa shape index (κ3) is 4.95. The second-order valence-electron chi connectivity index (χ2n) is 6.51. The highest BCUT2D eigenvalue weighted by molar-refractivity contribution is 9.10. The summed E-state index contributed by atoms with van der Waals surface area (Å²) in [5.74, 6) is -0.419. The van der Waals surface area contributed by atoms with Crippen LogP contribution in [-0.2, 0) is 11.3 Å². The van der Waals surface area contributed by atoms with Crippen LogP contribution in [0.2, 0.25) is 0 Å². The molecule has 2 amide bonds. The minimum atomic E-state index is -0.630. The fourth-order valence-electron chi connectivity index (χ4n) is 3.03. The Balaban J connectivity index is 1.45. The number of nitrogens with zero attached hydrogens (tertiary/aromatic N) is 1. The maximum absolute atomic E-state index is 12.4. The molecule has 2 N–H and O–H groups in total. The first kappa shape index (κ1) is 18.7. The molecule has 0 radical (unpaired) electrons. The quantitative estimate of drug-likeness (QED) is 0.754. The molecule has 0 bridgehead atoms. The first-order chi connectivity index (χ1) is 12.5. The van der Waals surface area contributed by atoms with Crippen molar-refractivity contribution < 1.29 is 14.0 Å². The molecule has 7 heteroatoms. The fourth-order valence-corrected chi connectivity index (χ4v) is 3.34. The molecular weight excluding hydrogens is 398 g/mol. The largest absolute Gasteiger partial charge is 0.444 e. The van der Waals surface area contributed by atoms with Gasteiger partial charge in [-0.05, 0) is 47.0 Å². The summed E-state index contributed by atoms with van der Waals surface area (Å²) in [6, 6.07) is 13.0. The Morgan fingerprint density at radius 1 is 1.27 bits per heavy atom. The zero-order valence-electron chi connectivity index (χ0n) is 14.6. The van der Waals surface area contributed by atoms with Gasteiger partial charge in [0.25, 0.3) is 5.91 Å². The summed E-state index contributed by atoms with van der Waals surface area (Å²) in [6.45, 7) is 4.31. The molecular formula is C19H22BrN3O3. The molecule has 138 valence electrons. The van der Waals surface area contributed by atoms with Crippen molar-refractivity contribution in [2.24, 2.45) is 0 Å². The lowest BCUT2D eigenvalue weighted by Crippen LogP contribution is -2.48. The summed E-state index contributed by atoms with van der Waals surface area (Å²) in [6.07, 6.45) is 0.907. The van der Waals surface area contributed by atoms with Crippen LogP contribution in [0, 0.1) is 0 Å². The smallest absolute Gasteiger partial charge is 0.287 e. The number of rotatable bonds is 6. The lowest BCUT2D eigenvalue weighted by Gasteiger charge is -2.19.